The van der Waals surface area contributed by atoms with Gasteiger partial charge < -0.3 is 20.3 Å². The van der Waals surface area contributed by atoms with E-state index >= 15 is 0 Å². The summed E-state index contributed by atoms with van der Waals surface area (Å²) in [6, 6.07) is 5.07. The first-order valence-corrected chi connectivity index (χ1v) is 7.10. The quantitative estimate of drug-likeness (QED) is 0.557. The van der Waals surface area contributed by atoms with Gasteiger partial charge in [-0.3, -0.25) is 9.59 Å². The molecule has 23 heavy (non-hydrogen) atoms. The van der Waals surface area contributed by atoms with Crippen LogP contribution in [-0.4, -0.2) is 26.6 Å². The number of Topliss-reactive ketones (excluding diaryl/α,β-unsaturated/α-hetero) is 1. The molecule has 3 rings (SSSR count). The maximum absolute atomic E-state index is 12.4. The molecule has 2 aromatic heterocycles. The summed E-state index contributed by atoms with van der Waals surface area (Å²) in [5, 5.41) is 2.76. The van der Waals surface area contributed by atoms with Gasteiger partial charge in [0.05, 0.1) is 11.0 Å². The number of anilines is 1. The summed E-state index contributed by atoms with van der Waals surface area (Å²) in [7, 11) is 0. The third-order valence-corrected chi connectivity index (χ3v) is 3.79. The van der Waals surface area contributed by atoms with Crippen molar-refractivity contribution in [3.8, 4) is 0 Å². The number of hydrogen-bond donors (Lipinski definition) is 4. The number of carbonyl (C=O) groups excluding carboxylic acids is 2. The second-order valence-corrected chi connectivity index (χ2v) is 5.47. The maximum atomic E-state index is 12.4. The number of carbonyl (C=O) groups is 2. The van der Waals surface area contributed by atoms with E-state index in [4.69, 9.17) is 0 Å². The lowest BCUT2D eigenvalue weighted by Gasteiger charge is -2.05. The van der Waals surface area contributed by atoms with E-state index in [1.54, 1.807) is 32.0 Å². The second kappa shape index (κ2) is 5.28. The Morgan fingerprint density at radius 3 is 2.39 bits per heavy atom. The Labute approximate surface area is 131 Å². The number of aromatic amines is 3. The highest BCUT2D eigenvalue weighted by Crippen LogP contribution is 2.20. The number of rotatable bonds is 3. The van der Waals surface area contributed by atoms with Gasteiger partial charge in [-0.05, 0) is 44.5 Å². The van der Waals surface area contributed by atoms with E-state index in [1.165, 1.54) is 6.92 Å². The molecule has 1 amide bonds. The van der Waals surface area contributed by atoms with E-state index in [9.17, 15) is 14.4 Å². The number of aromatic nitrogens is 3. The second-order valence-electron chi connectivity index (χ2n) is 5.47. The van der Waals surface area contributed by atoms with E-state index < -0.39 is 0 Å². The van der Waals surface area contributed by atoms with Crippen LogP contribution in [0.2, 0.25) is 0 Å². The number of nitrogens with one attached hydrogen (secondary N) is 4. The van der Waals surface area contributed by atoms with Crippen LogP contribution in [0, 0.1) is 13.8 Å². The summed E-state index contributed by atoms with van der Waals surface area (Å²) in [5.74, 6) is -0.419. The molecule has 0 radical (unpaired) electrons. The van der Waals surface area contributed by atoms with Crippen molar-refractivity contribution in [2.24, 2.45) is 0 Å². The molecule has 0 aliphatic carbocycles. The minimum Gasteiger partial charge on any atom is -0.354 e. The largest absolute Gasteiger partial charge is 0.354 e. The lowest BCUT2D eigenvalue weighted by atomic mass is 10.1. The number of benzene rings is 1. The predicted octanol–water partition coefficient (Wildman–Crippen LogP) is 2.26. The van der Waals surface area contributed by atoms with Gasteiger partial charge in [0.1, 0.15) is 5.69 Å². The molecular weight excluding hydrogens is 296 g/mol. The summed E-state index contributed by atoms with van der Waals surface area (Å²) < 4.78 is 0. The number of fused-ring (bicyclic) bond motifs is 1. The summed E-state index contributed by atoms with van der Waals surface area (Å²) in [6.45, 7) is 4.97. The molecular formula is C16H16N4O3. The fourth-order valence-corrected chi connectivity index (χ4v) is 2.81. The fourth-order valence-electron chi connectivity index (χ4n) is 2.81. The molecule has 7 nitrogen and oxygen atoms in total. The number of aryl methyl sites for hydroxylation is 1. The van der Waals surface area contributed by atoms with Gasteiger partial charge >= 0.3 is 5.69 Å². The van der Waals surface area contributed by atoms with Gasteiger partial charge in [0.25, 0.3) is 5.91 Å². The van der Waals surface area contributed by atoms with Crippen molar-refractivity contribution >= 4 is 28.4 Å². The number of ketones is 1. The summed E-state index contributed by atoms with van der Waals surface area (Å²) in [4.78, 5) is 43.6. The highest BCUT2D eigenvalue weighted by atomic mass is 16.2. The van der Waals surface area contributed by atoms with Crippen LogP contribution in [0.3, 0.4) is 0 Å². The highest BCUT2D eigenvalue weighted by Gasteiger charge is 2.19. The molecule has 0 fully saturated rings. The van der Waals surface area contributed by atoms with Gasteiger partial charge in [0.15, 0.2) is 5.78 Å². The Morgan fingerprint density at radius 1 is 1.04 bits per heavy atom. The molecule has 0 spiro atoms. The van der Waals surface area contributed by atoms with Crippen LogP contribution in [0.1, 0.15) is 39.0 Å². The number of hydrogen-bond acceptors (Lipinski definition) is 3. The van der Waals surface area contributed by atoms with Gasteiger partial charge in [-0.2, -0.15) is 0 Å². The van der Waals surface area contributed by atoms with Crippen molar-refractivity contribution in [3.63, 3.8) is 0 Å². The van der Waals surface area contributed by atoms with Crippen molar-refractivity contribution < 1.29 is 9.59 Å². The molecule has 4 N–H and O–H groups in total. The normalized spacial score (nSPS) is 10.9. The average molecular weight is 312 g/mol. The lowest BCUT2D eigenvalue weighted by Crippen LogP contribution is -2.13. The average Bonchev–Trinajstić information content (AvgIpc) is 2.97. The Balaban J connectivity index is 1.93. The van der Waals surface area contributed by atoms with Crippen LogP contribution in [0.15, 0.2) is 23.0 Å². The predicted molar refractivity (Wildman–Crippen MR) is 87.1 cm³/mol. The van der Waals surface area contributed by atoms with Gasteiger partial charge in [-0.25, -0.2) is 4.79 Å². The number of imidazole rings is 1. The zero-order valence-corrected chi connectivity index (χ0v) is 13.0. The van der Waals surface area contributed by atoms with Crippen molar-refractivity contribution in [1.29, 1.82) is 0 Å². The Hall–Kier alpha value is -3.09. The van der Waals surface area contributed by atoms with Gasteiger partial charge in [-0.15, -0.1) is 0 Å². The zero-order chi connectivity index (χ0) is 16.7. The standard InChI is InChI=1S/C16H16N4O3/c1-7-13(9(3)21)8(2)17-14(7)15(22)18-10-4-5-11-12(6-10)20-16(23)19-11/h4-6,17H,1-3H3,(H,18,22)(H2,19,20,23). The third-order valence-electron chi connectivity index (χ3n) is 3.79. The van der Waals surface area contributed by atoms with Gasteiger partial charge in [-0.1, -0.05) is 0 Å². The fraction of sp³-hybridized carbons (Fsp3) is 0.188. The molecule has 118 valence electrons. The summed E-state index contributed by atoms with van der Waals surface area (Å²) >= 11 is 0. The Morgan fingerprint density at radius 2 is 1.74 bits per heavy atom. The minimum absolute atomic E-state index is 0.0818. The van der Waals surface area contributed by atoms with Crippen LogP contribution < -0.4 is 11.0 Å². The molecule has 0 saturated carbocycles. The van der Waals surface area contributed by atoms with E-state index in [-0.39, 0.29) is 17.4 Å². The van der Waals surface area contributed by atoms with E-state index in [1.807, 2.05) is 0 Å². The molecule has 0 aliphatic heterocycles. The first kappa shape index (κ1) is 14.8. The van der Waals surface area contributed by atoms with Crippen LogP contribution >= 0.6 is 0 Å². The first-order valence-electron chi connectivity index (χ1n) is 7.10. The molecule has 7 heteroatoms. The van der Waals surface area contributed by atoms with Gasteiger partial charge in [0.2, 0.25) is 0 Å². The van der Waals surface area contributed by atoms with Crippen molar-refractivity contribution in [2.75, 3.05) is 5.32 Å². The monoisotopic (exact) mass is 312 g/mol. The number of amides is 1. The van der Waals surface area contributed by atoms with Crippen molar-refractivity contribution in [3.05, 3.63) is 51.2 Å². The maximum Gasteiger partial charge on any atom is 0.323 e. The zero-order valence-electron chi connectivity index (χ0n) is 13.0. The van der Waals surface area contributed by atoms with E-state index in [0.717, 1.165) is 0 Å². The first-order chi connectivity index (χ1) is 10.9. The Bertz CT molecular complexity index is 991. The minimum atomic E-state index is -0.338. The lowest BCUT2D eigenvalue weighted by molar-refractivity contribution is 0.101. The number of H-pyrrole nitrogens is 3. The van der Waals surface area contributed by atoms with Crippen molar-refractivity contribution in [1.82, 2.24) is 15.0 Å². The molecule has 0 unspecified atom stereocenters. The summed E-state index contributed by atoms with van der Waals surface area (Å²) in [6.07, 6.45) is 0. The highest BCUT2D eigenvalue weighted by molar-refractivity contribution is 6.08. The smallest absolute Gasteiger partial charge is 0.323 e. The molecule has 0 aliphatic rings. The molecule has 0 saturated heterocycles. The topological polar surface area (TPSA) is 111 Å². The van der Waals surface area contributed by atoms with Gasteiger partial charge in [0, 0.05) is 16.9 Å². The third kappa shape index (κ3) is 2.57. The summed E-state index contributed by atoms with van der Waals surface area (Å²) in [5.41, 5.74) is 3.72. The van der Waals surface area contributed by atoms with Crippen LogP contribution in [0.5, 0.6) is 0 Å². The SMILES string of the molecule is CC(=O)c1c(C)[nH]c(C(=O)Nc2ccc3[nH]c(=O)[nH]c3c2)c1C. The van der Waals surface area contributed by atoms with Crippen LogP contribution in [0.25, 0.3) is 11.0 Å². The molecule has 0 bridgehead atoms. The van der Waals surface area contributed by atoms with Crippen molar-refractivity contribution in [2.45, 2.75) is 20.8 Å². The molecule has 1 aromatic carbocycles. The molecule has 0 atom stereocenters. The molecule has 3 aromatic rings. The Kier molecular flexibility index (Phi) is 3.40. The van der Waals surface area contributed by atoms with Crippen LogP contribution in [0.4, 0.5) is 5.69 Å². The molecule has 2 heterocycles. The van der Waals surface area contributed by atoms with E-state index in [0.29, 0.717) is 39.2 Å². The van der Waals surface area contributed by atoms with Crippen LogP contribution in [-0.2, 0) is 0 Å². The van der Waals surface area contributed by atoms with E-state index in [2.05, 4.69) is 20.3 Å².